The van der Waals surface area contributed by atoms with Crippen molar-refractivity contribution in [2.24, 2.45) is 5.92 Å². The minimum Gasteiger partial charge on any atom is -0.361 e. The normalized spacial score (nSPS) is 21.5. The molecule has 0 spiro atoms. The van der Waals surface area contributed by atoms with Gasteiger partial charge in [0.25, 0.3) is 0 Å². The molecule has 1 saturated carbocycles. The van der Waals surface area contributed by atoms with Gasteiger partial charge in [-0.3, -0.25) is 10.2 Å². The lowest BCUT2D eigenvalue weighted by atomic mass is 9.89. The number of aromatic nitrogens is 1. The van der Waals surface area contributed by atoms with Gasteiger partial charge >= 0.3 is 0 Å². The number of carbonyl (C=O) groups is 1. The molecule has 1 aliphatic carbocycles. The zero-order chi connectivity index (χ0) is 21.0. The summed E-state index contributed by atoms with van der Waals surface area (Å²) < 4.78 is 0. The van der Waals surface area contributed by atoms with Gasteiger partial charge in [-0.25, -0.2) is 5.01 Å². The summed E-state index contributed by atoms with van der Waals surface area (Å²) in [6.45, 7) is 5.36. The Morgan fingerprint density at radius 1 is 1.06 bits per heavy atom. The van der Waals surface area contributed by atoms with Crippen molar-refractivity contribution in [3.8, 4) is 0 Å². The van der Waals surface area contributed by atoms with E-state index in [4.69, 9.17) is 0 Å². The number of amides is 1. The molecular weight excluding hydrogens is 384 g/mol. The van der Waals surface area contributed by atoms with Crippen LogP contribution in [0.15, 0.2) is 30.5 Å². The molecule has 1 saturated heterocycles. The lowest BCUT2D eigenvalue weighted by Gasteiger charge is -2.29. The minimum absolute atomic E-state index is 0.217. The first kappa shape index (κ1) is 20.8. The molecule has 1 amide bonds. The Kier molecular flexibility index (Phi) is 6.42. The molecule has 0 radical (unpaired) electrons. The largest absolute Gasteiger partial charge is 0.361 e. The first-order chi connectivity index (χ1) is 15.3. The second-order valence-corrected chi connectivity index (χ2v) is 9.61. The van der Waals surface area contributed by atoms with Crippen LogP contribution in [0.3, 0.4) is 0 Å². The van der Waals surface area contributed by atoms with Gasteiger partial charge in [0.05, 0.1) is 0 Å². The lowest BCUT2D eigenvalue weighted by Crippen LogP contribution is -2.47. The second kappa shape index (κ2) is 9.58. The van der Waals surface area contributed by atoms with Crippen molar-refractivity contribution in [3.05, 3.63) is 41.6 Å². The van der Waals surface area contributed by atoms with E-state index in [0.29, 0.717) is 0 Å². The highest BCUT2D eigenvalue weighted by molar-refractivity contribution is 5.87. The van der Waals surface area contributed by atoms with Crippen LogP contribution in [0.1, 0.15) is 62.5 Å². The molecule has 5 rings (SSSR count). The first-order valence-electron chi connectivity index (χ1n) is 12.3. The molecule has 3 heterocycles. The highest BCUT2D eigenvalue weighted by Crippen LogP contribution is 2.28. The fraction of sp³-hybridized carbons (Fsp3) is 0.577. The third-order valence-corrected chi connectivity index (χ3v) is 7.49. The third-order valence-electron chi connectivity index (χ3n) is 7.49. The summed E-state index contributed by atoms with van der Waals surface area (Å²) >= 11 is 0. The van der Waals surface area contributed by atoms with E-state index in [1.54, 1.807) is 0 Å². The smallest absolute Gasteiger partial charge is 0.237 e. The number of nitrogens with zero attached hydrogens (tertiary/aromatic N) is 2. The number of hydrazine groups is 1. The summed E-state index contributed by atoms with van der Waals surface area (Å²) in [5.74, 6) is 0.446. The quantitative estimate of drug-likeness (QED) is 0.723. The van der Waals surface area contributed by atoms with Crippen LogP contribution >= 0.6 is 0 Å². The van der Waals surface area contributed by atoms with Crippen LogP contribution in [0.5, 0.6) is 0 Å². The van der Waals surface area contributed by atoms with Crippen LogP contribution in [-0.2, 0) is 11.2 Å². The zero-order valence-corrected chi connectivity index (χ0v) is 18.7. The van der Waals surface area contributed by atoms with Gasteiger partial charge in [0.2, 0.25) is 5.91 Å². The summed E-state index contributed by atoms with van der Waals surface area (Å²) in [4.78, 5) is 18.6. The van der Waals surface area contributed by atoms with Crippen molar-refractivity contribution < 1.29 is 4.79 Å². The van der Waals surface area contributed by atoms with Crippen LogP contribution in [0.4, 0.5) is 0 Å². The molecule has 5 nitrogen and oxygen atoms in total. The number of hydrogen-bond donors (Lipinski definition) is 2. The van der Waals surface area contributed by atoms with Gasteiger partial charge < -0.3 is 9.88 Å². The number of benzene rings is 1. The number of rotatable bonds is 6. The summed E-state index contributed by atoms with van der Waals surface area (Å²) in [5.41, 5.74) is 8.57. The van der Waals surface area contributed by atoms with Crippen LogP contribution in [0.25, 0.3) is 16.5 Å². The van der Waals surface area contributed by atoms with E-state index < -0.39 is 0 Å². The third kappa shape index (κ3) is 4.88. The van der Waals surface area contributed by atoms with Crippen molar-refractivity contribution in [3.63, 3.8) is 0 Å². The monoisotopic (exact) mass is 420 g/mol. The van der Waals surface area contributed by atoms with Gasteiger partial charge in [0.15, 0.2) is 0 Å². The van der Waals surface area contributed by atoms with E-state index >= 15 is 0 Å². The first-order valence-corrected chi connectivity index (χ1v) is 12.3. The SMILES string of the molecule is O=C(NN1CC=C(c2ccc3[nH]cc(CCN4CCCC4)c3c2)CC1)C1CCCCC1. The number of aromatic amines is 1. The molecule has 3 aliphatic rings. The average Bonchev–Trinajstić information content (AvgIpc) is 3.48. The Morgan fingerprint density at radius 3 is 2.68 bits per heavy atom. The van der Waals surface area contributed by atoms with Gasteiger partial charge in [-0.2, -0.15) is 0 Å². The van der Waals surface area contributed by atoms with E-state index in [1.807, 2.05) is 0 Å². The van der Waals surface area contributed by atoms with E-state index in [-0.39, 0.29) is 11.8 Å². The molecule has 166 valence electrons. The number of nitrogens with one attached hydrogen (secondary N) is 2. The van der Waals surface area contributed by atoms with Gasteiger partial charge in [0, 0.05) is 42.7 Å². The Balaban J connectivity index is 1.22. The van der Waals surface area contributed by atoms with Gasteiger partial charge in [-0.05, 0) is 80.4 Å². The average molecular weight is 421 g/mol. The molecule has 5 heteroatoms. The van der Waals surface area contributed by atoms with Gasteiger partial charge in [-0.1, -0.05) is 31.4 Å². The van der Waals surface area contributed by atoms with Gasteiger partial charge in [-0.15, -0.1) is 0 Å². The Bertz CT molecular complexity index is 934. The molecule has 2 aromatic rings. The number of fused-ring (bicyclic) bond motifs is 1. The number of carbonyl (C=O) groups excluding carboxylic acids is 1. The molecule has 2 N–H and O–H groups in total. The summed E-state index contributed by atoms with van der Waals surface area (Å²) in [6, 6.07) is 6.83. The number of hydrogen-bond acceptors (Lipinski definition) is 3. The molecular formula is C26H36N4O. The van der Waals surface area contributed by atoms with Crippen molar-refractivity contribution in [2.45, 2.75) is 57.8 Å². The van der Waals surface area contributed by atoms with Gasteiger partial charge in [0.1, 0.15) is 0 Å². The molecule has 2 aliphatic heterocycles. The van der Waals surface area contributed by atoms with Crippen LogP contribution < -0.4 is 5.43 Å². The second-order valence-electron chi connectivity index (χ2n) is 9.61. The van der Waals surface area contributed by atoms with Crippen molar-refractivity contribution >= 4 is 22.4 Å². The van der Waals surface area contributed by atoms with E-state index in [2.05, 4.69) is 50.8 Å². The zero-order valence-electron chi connectivity index (χ0n) is 18.7. The van der Waals surface area contributed by atoms with Crippen LogP contribution in [0, 0.1) is 5.92 Å². The summed E-state index contributed by atoms with van der Waals surface area (Å²) in [7, 11) is 0. The molecule has 2 fully saturated rings. The molecule has 0 bridgehead atoms. The van der Waals surface area contributed by atoms with Crippen LogP contribution in [-0.4, -0.2) is 53.5 Å². The molecule has 31 heavy (non-hydrogen) atoms. The summed E-state index contributed by atoms with van der Waals surface area (Å²) in [6.07, 6.45) is 15.1. The van der Waals surface area contributed by atoms with Crippen molar-refractivity contribution in [1.29, 1.82) is 0 Å². The lowest BCUT2D eigenvalue weighted by molar-refractivity contribution is -0.130. The molecule has 1 aromatic heterocycles. The van der Waals surface area contributed by atoms with Crippen molar-refractivity contribution in [1.82, 2.24) is 20.3 Å². The Morgan fingerprint density at radius 2 is 1.90 bits per heavy atom. The predicted molar refractivity (Wildman–Crippen MR) is 127 cm³/mol. The Labute approximate surface area is 185 Å². The van der Waals surface area contributed by atoms with E-state index in [0.717, 1.165) is 45.3 Å². The fourth-order valence-corrected chi connectivity index (χ4v) is 5.51. The number of H-pyrrole nitrogens is 1. The maximum absolute atomic E-state index is 12.5. The maximum Gasteiger partial charge on any atom is 0.237 e. The fourth-order valence-electron chi connectivity index (χ4n) is 5.51. The highest BCUT2D eigenvalue weighted by Gasteiger charge is 2.23. The Hall–Kier alpha value is -2.11. The molecule has 0 atom stereocenters. The highest BCUT2D eigenvalue weighted by atomic mass is 16.2. The topological polar surface area (TPSA) is 51.4 Å². The minimum atomic E-state index is 0.217. The standard InChI is InChI=1S/C26H36N4O/c31-26(21-6-2-1-3-7-21)28-30-16-11-20(12-17-30)22-8-9-25-24(18-22)23(19-27-25)10-15-29-13-4-5-14-29/h8-9,11,18-19,21,27H,1-7,10,12-17H2,(H,28,31). The van der Waals surface area contributed by atoms with Crippen LogP contribution in [0.2, 0.25) is 0 Å². The van der Waals surface area contributed by atoms with E-state index in [1.165, 1.54) is 72.8 Å². The van der Waals surface area contributed by atoms with E-state index in [9.17, 15) is 4.79 Å². The van der Waals surface area contributed by atoms with Crippen molar-refractivity contribution in [2.75, 3.05) is 32.7 Å². The summed E-state index contributed by atoms with van der Waals surface area (Å²) in [5, 5.41) is 3.46. The number of likely N-dealkylation sites (tertiary alicyclic amines) is 1. The maximum atomic E-state index is 12.5. The predicted octanol–water partition coefficient (Wildman–Crippen LogP) is 4.51. The molecule has 1 aromatic carbocycles. The molecule has 0 unspecified atom stereocenters.